The zero-order chi connectivity index (χ0) is 22.0. The number of aryl methyl sites for hydroxylation is 1. The third-order valence-electron chi connectivity index (χ3n) is 5.06. The molecule has 9 nitrogen and oxygen atoms in total. The Morgan fingerprint density at radius 3 is 2.55 bits per heavy atom. The summed E-state index contributed by atoms with van der Waals surface area (Å²) in [6, 6.07) is 12.4. The lowest BCUT2D eigenvalue weighted by atomic mass is 10.1. The van der Waals surface area contributed by atoms with E-state index in [1.54, 1.807) is 30.0 Å². The Bertz CT molecular complexity index is 1100. The summed E-state index contributed by atoms with van der Waals surface area (Å²) in [6.07, 6.45) is 0.123. The van der Waals surface area contributed by atoms with Gasteiger partial charge < -0.3 is 24.2 Å². The molecule has 0 radical (unpaired) electrons. The minimum absolute atomic E-state index is 0.121. The molecule has 2 aromatic carbocycles. The van der Waals surface area contributed by atoms with Crippen molar-refractivity contribution in [1.82, 2.24) is 10.1 Å². The molecule has 31 heavy (non-hydrogen) atoms. The number of benzene rings is 2. The van der Waals surface area contributed by atoms with Gasteiger partial charge in [0, 0.05) is 55.0 Å². The maximum Gasteiger partial charge on any atom is 0.229 e. The Balaban J connectivity index is 1.49. The lowest BCUT2D eigenvalue weighted by Crippen LogP contribution is -2.28. The second-order valence-corrected chi connectivity index (χ2v) is 7.18. The molecule has 1 aromatic heterocycles. The molecule has 2 amide bonds. The maximum absolute atomic E-state index is 12.8. The van der Waals surface area contributed by atoms with Crippen molar-refractivity contribution in [3.8, 4) is 22.9 Å². The van der Waals surface area contributed by atoms with Crippen LogP contribution in [0.15, 0.2) is 47.0 Å². The molecule has 4 rings (SSSR count). The first kappa shape index (κ1) is 20.4. The summed E-state index contributed by atoms with van der Waals surface area (Å²) in [5.74, 6) is 1.19. The van der Waals surface area contributed by atoms with Crippen LogP contribution in [0.5, 0.6) is 11.5 Å². The van der Waals surface area contributed by atoms with Crippen molar-refractivity contribution >= 4 is 23.2 Å². The highest BCUT2D eigenvalue weighted by Gasteiger charge is 2.35. The zero-order valence-corrected chi connectivity index (χ0v) is 17.4. The third-order valence-corrected chi connectivity index (χ3v) is 5.06. The van der Waals surface area contributed by atoms with Crippen LogP contribution in [0.2, 0.25) is 0 Å². The van der Waals surface area contributed by atoms with E-state index in [9.17, 15) is 9.59 Å². The van der Waals surface area contributed by atoms with E-state index in [2.05, 4.69) is 15.5 Å². The fraction of sp³-hybridized carbons (Fsp3) is 0.273. The average Bonchev–Trinajstić information content (AvgIpc) is 3.39. The van der Waals surface area contributed by atoms with Crippen LogP contribution in [0.3, 0.4) is 0 Å². The number of carbonyl (C=O) groups is 2. The molecule has 0 aliphatic carbocycles. The fourth-order valence-corrected chi connectivity index (χ4v) is 3.49. The molecule has 1 saturated heterocycles. The molecule has 0 bridgehead atoms. The number of carbonyl (C=O) groups excluding carboxylic acids is 2. The summed E-state index contributed by atoms with van der Waals surface area (Å²) >= 11 is 0. The minimum Gasteiger partial charge on any atom is -0.497 e. The van der Waals surface area contributed by atoms with Crippen molar-refractivity contribution in [3.63, 3.8) is 0 Å². The number of rotatable bonds is 6. The molecule has 160 valence electrons. The molecule has 3 aromatic rings. The van der Waals surface area contributed by atoms with Gasteiger partial charge in [0.2, 0.25) is 23.5 Å². The largest absolute Gasteiger partial charge is 0.497 e. The Kier molecular flexibility index (Phi) is 5.57. The lowest BCUT2D eigenvalue weighted by molar-refractivity contribution is -0.122. The molecule has 2 heterocycles. The fourth-order valence-electron chi connectivity index (χ4n) is 3.49. The molecule has 0 spiro atoms. The third kappa shape index (κ3) is 4.35. The van der Waals surface area contributed by atoms with E-state index in [0.29, 0.717) is 34.6 Å². The Morgan fingerprint density at radius 2 is 1.90 bits per heavy atom. The Hall–Kier alpha value is -3.88. The van der Waals surface area contributed by atoms with E-state index >= 15 is 0 Å². The second-order valence-electron chi connectivity index (χ2n) is 7.18. The van der Waals surface area contributed by atoms with Crippen molar-refractivity contribution < 1.29 is 23.6 Å². The number of amides is 2. The summed E-state index contributed by atoms with van der Waals surface area (Å²) in [4.78, 5) is 31.3. The topological polar surface area (TPSA) is 107 Å². The van der Waals surface area contributed by atoms with Crippen LogP contribution < -0.4 is 19.7 Å². The quantitative estimate of drug-likeness (QED) is 0.651. The van der Waals surface area contributed by atoms with Gasteiger partial charge in [-0.15, -0.1) is 0 Å². The van der Waals surface area contributed by atoms with Gasteiger partial charge >= 0.3 is 0 Å². The first-order valence-electron chi connectivity index (χ1n) is 9.72. The van der Waals surface area contributed by atoms with Gasteiger partial charge in [-0.1, -0.05) is 17.3 Å². The Labute approximate surface area is 179 Å². The van der Waals surface area contributed by atoms with Crippen molar-refractivity contribution in [2.24, 2.45) is 5.92 Å². The summed E-state index contributed by atoms with van der Waals surface area (Å²) < 4.78 is 15.5. The number of ether oxygens (including phenoxy) is 2. The van der Waals surface area contributed by atoms with E-state index in [0.717, 1.165) is 5.56 Å². The maximum atomic E-state index is 12.8. The van der Waals surface area contributed by atoms with Gasteiger partial charge in [-0.05, 0) is 12.1 Å². The van der Waals surface area contributed by atoms with Crippen LogP contribution in [0.25, 0.3) is 11.4 Å². The number of nitrogens with zero attached hydrogens (tertiary/aromatic N) is 3. The summed E-state index contributed by atoms with van der Waals surface area (Å²) in [5, 5.41) is 6.77. The number of hydrogen-bond acceptors (Lipinski definition) is 7. The van der Waals surface area contributed by atoms with E-state index in [-0.39, 0.29) is 24.8 Å². The van der Waals surface area contributed by atoms with E-state index in [1.807, 2.05) is 24.3 Å². The number of methoxy groups -OCH3 is 2. The number of aromatic nitrogens is 2. The summed E-state index contributed by atoms with van der Waals surface area (Å²) in [6.45, 7) is 1.99. The first-order chi connectivity index (χ1) is 15.0. The van der Waals surface area contributed by atoms with Crippen LogP contribution in [0.4, 0.5) is 11.4 Å². The number of anilines is 2. The number of hydrogen-bond donors (Lipinski definition) is 1. The molecule has 1 aliphatic heterocycles. The molecule has 0 saturated carbocycles. The van der Waals surface area contributed by atoms with Gasteiger partial charge in [0.05, 0.1) is 20.1 Å². The minimum atomic E-state index is -0.485. The SMILES string of the molecule is COc1cc(NC(=O)[C@H]2CC(=O)N(c3cccc(-c4noc(C)n4)c3)C2)cc(OC)c1. The van der Waals surface area contributed by atoms with Crippen LogP contribution in [0.1, 0.15) is 12.3 Å². The highest BCUT2D eigenvalue weighted by atomic mass is 16.5. The highest BCUT2D eigenvalue weighted by molar-refractivity contribution is 6.03. The van der Waals surface area contributed by atoms with Crippen LogP contribution in [0, 0.1) is 12.8 Å². The highest BCUT2D eigenvalue weighted by Crippen LogP contribution is 2.30. The smallest absolute Gasteiger partial charge is 0.229 e. The molecule has 9 heteroatoms. The van der Waals surface area contributed by atoms with Crippen LogP contribution >= 0.6 is 0 Å². The van der Waals surface area contributed by atoms with Gasteiger partial charge in [-0.3, -0.25) is 9.59 Å². The molecule has 1 fully saturated rings. The molecule has 1 aliphatic rings. The van der Waals surface area contributed by atoms with Gasteiger partial charge in [0.15, 0.2) is 0 Å². The van der Waals surface area contributed by atoms with Crippen LogP contribution in [-0.4, -0.2) is 42.7 Å². The van der Waals surface area contributed by atoms with Gasteiger partial charge in [0.1, 0.15) is 11.5 Å². The van der Waals surface area contributed by atoms with Gasteiger partial charge in [-0.2, -0.15) is 4.98 Å². The predicted octanol–water partition coefficient (Wildman–Crippen LogP) is 3.05. The monoisotopic (exact) mass is 422 g/mol. The van der Waals surface area contributed by atoms with E-state index in [1.165, 1.54) is 14.2 Å². The lowest BCUT2D eigenvalue weighted by Gasteiger charge is -2.17. The van der Waals surface area contributed by atoms with E-state index < -0.39 is 5.92 Å². The molecular formula is C22H22N4O5. The molecule has 0 unspecified atom stereocenters. The Morgan fingerprint density at radius 1 is 1.16 bits per heavy atom. The van der Waals surface area contributed by atoms with Crippen molar-refractivity contribution in [1.29, 1.82) is 0 Å². The van der Waals surface area contributed by atoms with Gasteiger partial charge in [-0.25, -0.2) is 0 Å². The summed E-state index contributed by atoms with van der Waals surface area (Å²) in [5.41, 5.74) is 1.96. The number of nitrogens with one attached hydrogen (secondary N) is 1. The molecular weight excluding hydrogens is 400 g/mol. The zero-order valence-electron chi connectivity index (χ0n) is 17.4. The van der Waals surface area contributed by atoms with Crippen molar-refractivity contribution in [2.75, 3.05) is 31.0 Å². The standard InChI is InChI=1S/C22H22N4O5/c1-13-23-21(25-31-13)14-5-4-6-17(7-14)26-12-15(8-20(26)27)22(28)24-16-9-18(29-2)11-19(10-16)30-3/h4-7,9-11,15H,8,12H2,1-3H3,(H,24,28)/t15-/m0/s1. The normalized spacial score (nSPS) is 15.8. The summed E-state index contributed by atoms with van der Waals surface area (Å²) in [7, 11) is 3.08. The molecule has 1 atom stereocenters. The van der Waals surface area contributed by atoms with Crippen molar-refractivity contribution in [3.05, 3.63) is 48.4 Å². The van der Waals surface area contributed by atoms with E-state index in [4.69, 9.17) is 14.0 Å². The average molecular weight is 422 g/mol. The van der Waals surface area contributed by atoms with Gasteiger partial charge in [0.25, 0.3) is 0 Å². The van der Waals surface area contributed by atoms with Crippen molar-refractivity contribution in [2.45, 2.75) is 13.3 Å². The first-order valence-corrected chi connectivity index (χ1v) is 9.72. The second kappa shape index (κ2) is 8.47. The van der Waals surface area contributed by atoms with Crippen LogP contribution in [-0.2, 0) is 9.59 Å². The molecule has 1 N–H and O–H groups in total. The predicted molar refractivity (Wildman–Crippen MR) is 113 cm³/mol.